The van der Waals surface area contributed by atoms with Crippen molar-refractivity contribution in [1.29, 1.82) is 0 Å². The number of halogens is 1. The SMILES string of the molecule is C=CNc1ncc(-c2c[nH]c3nc(NCC(C)C)ncc23)cc1F. The second-order valence-corrected chi connectivity index (χ2v) is 5.84. The summed E-state index contributed by atoms with van der Waals surface area (Å²) in [6.45, 7) is 8.53. The fraction of sp³-hybridized carbons (Fsp3) is 0.235. The summed E-state index contributed by atoms with van der Waals surface area (Å²) in [5.41, 5.74) is 2.15. The molecular formula is C17H19FN6. The molecule has 0 atom stereocenters. The molecule has 0 bridgehead atoms. The molecule has 0 radical (unpaired) electrons. The molecule has 0 fully saturated rings. The van der Waals surface area contributed by atoms with Gasteiger partial charge in [-0.2, -0.15) is 4.98 Å². The predicted molar refractivity (Wildman–Crippen MR) is 94.2 cm³/mol. The van der Waals surface area contributed by atoms with Crippen molar-refractivity contribution in [3.8, 4) is 11.1 Å². The lowest BCUT2D eigenvalue weighted by molar-refractivity contribution is 0.627. The smallest absolute Gasteiger partial charge is 0.224 e. The zero-order chi connectivity index (χ0) is 17.1. The number of pyridine rings is 1. The molecule has 0 amide bonds. The van der Waals surface area contributed by atoms with Crippen LogP contribution >= 0.6 is 0 Å². The molecule has 3 aromatic rings. The summed E-state index contributed by atoms with van der Waals surface area (Å²) in [6, 6.07) is 1.42. The van der Waals surface area contributed by atoms with Crippen LogP contribution in [0.4, 0.5) is 16.2 Å². The summed E-state index contributed by atoms with van der Waals surface area (Å²) in [5, 5.41) is 6.65. The number of aromatic nitrogens is 4. The van der Waals surface area contributed by atoms with Crippen LogP contribution in [0.15, 0.2) is 37.4 Å². The van der Waals surface area contributed by atoms with Gasteiger partial charge in [0.1, 0.15) is 5.65 Å². The van der Waals surface area contributed by atoms with Gasteiger partial charge >= 0.3 is 0 Å². The Hall–Kier alpha value is -2.96. The van der Waals surface area contributed by atoms with Crippen LogP contribution in [0.5, 0.6) is 0 Å². The highest BCUT2D eigenvalue weighted by Gasteiger charge is 2.12. The van der Waals surface area contributed by atoms with Crippen LogP contribution in [0.3, 0.4) is 0 Å². The molecule has 3 N–H and O–H groups in total. The van der Waals surface area contributed by atoms with Gasteiger partial charge in [-0.1, -0.05) is 20.4 Å². The van der Waals surface area contributed by atoms with Crippen LogP contribution in [-0.4, -0.2) is 26.5 Å². The van der Waals surface area contributed by atoms with Crippen LogP contribution in [0.25, 0.3) is 22.2 Å². The second-order valence-electron chi connectivity index (χ2n) is 5.84. The number of hydrogen-bond acceptors (Lipinski definition) is 5. The Kier molecular flexibility index (Phi) is 4.41. The van der Waals surface area contributed by atoms with Crippen molar-refractivity contribution in [3.05, 3.63) is 43.3 Å². The van der Waals surface area contributed by atoms with Crippen molar-refractivity contribution >= 4 is 22.8 Å². The van der Waals surface area contributed by atoms with Crippen molar-refractivity contribution in [2.45, 2.75) is 13.8 Å². The number of anilines is 2. The molecule has 0 aromatic carbocycles. The van der Waals surface area contributed by atoms with E-state index >= 15 is 0 Å². The van der Waals surface area contributed by atoms with Gasteiger partial charge in [-0.05, 0) is 18.2 Å². The first-order valence-corrected chi connectivity index (χ1v) is 7.70. The fourth-order valence-electron chi connectivity index (χ4n) is 2.31. The van der Waals surface area contributed by atoms with Crippen LogP contribution in [0, 0.1) is 11.7 Å². The molecule has 6 nitrogen and oxygen atoms in total. The highest BCUT2D eigenvalue weighted by Crippen LogP contribution is 2.29. The number of rotatable bonds is 6. The van der Waals surface area contributed by atoms with Gasteiger partial charge < -0.3 is 15.6 Å². The quantitative estimate of drug-likeness (QED) is 0.642. The predicted octanol–water partition coefficient (Wildman–Crippen LogP) is 3.78. The minimum Gasteiger partial charge on any atom is -0.354 e. The lowest BCUT2D eigenvalue weighted by Gasteiger charge is -2.07. The van der Waals surface area contributed by atoms with Crippen molar-refractivity contribution in [2.24, 2.45) is 5.92 Å². The van der Waals surface area contributed by atoms with Gasteiger partial charge in [-0.25, -0.2) is 14.4 Å². The first kappa shape index (κ1) is 15.9. The third kappa shape index (κ3) is 3.19. The highest BCUT2D eigenvalue weighted by molar-refractivity contribution is 5.93. The molecule has 0 spiro atoms. The van der Waals surface area contributed by atoms with E-state index in [1.165, 1.54) is 12.3 Å². The maximum absolute atomic E-state index is 14.0. The van der Waals surface area contributed by atoms with E-state index in [1.807, 2.05) is 0 Å². The molecule has 0 unspecified atom stereocenters. The lowest BCUT2D eigenvalue weighted by atomic mass is 10.1. The Morgan fingerprint density at radius 2 is 2.17 bits per heavy atom. The topological polar surface area (TPSA) is 78.5 Å². The van der Waals surface area contributed by atoms with Gasteiger partial charge in [0.05, 0.1) is 0 Å². The van der Waals surface area contributed by atoms with Crippen LogP contribution in [-0.2, 0) is 0 Å². The molecule has 3 heterocycles. The van der Waals surface area contributed by atoms with Crippen molar-refractivity contribution in [2.75, 3.05) is 17.2 Å². The van der Waals surface area contributed by atoms with Gasteiger partial charge in [-0.3, -0.25) is 0 Å². The Morgan fingerprint density at radius 1 is 1.33 bits per heavy atom. The number of aromatic amines is 1. The molecule has 0 saturated carbocycles. The number of H-pyrrole nitrogens is 1. The van der Waals surface area contributed by atoms with E-state index in [1.54, 1.807) is 18.6 Å². The van der Waals surface area contributed by atoms with Gasteiger partial charge in [0.2, 0.25) is 5.95 Å². The largest absolute Gasteiger partial charge is 0.354 e. The lowest BCUT2D eigenvalue weighted by Crippen LogP contribution is -2.10. The van der Waals surface area contributed by atoms with Crippen LogP contribution in [0.1, 0.15) is 13.8 Å². The summed E-state index contributed by atoms with van der Waals surface area (Å²) in [5.74, 6) is 0.766. The van der Waals surface area contributed by atoms with E-state index in [0.29, 0.717) is 23.1 Å². The maximum Gasteiger partial charge on any atom is 0.224 e. The molecule has 0 saturated heterocycles. The molecule has 0 aliphatic heterocycles. The third-order valence-corrected chi connectivity index (χ3v) is 3.49. The Labute approximate surface area is 139 Å². The average Bonchev–Trinajstić information content (AvgIpc) is 2.98. The molecule has 7 heteroatoms. The molecule has 0 aliphatic rings. The first-order valence-electron chi connectivity index (χ1n) is 7.70. The summed E-state index contributed by atoms with van der Waals surface area (Å²) in [6.07, 6.45) is 6.49. The molecule has 124 valence electrons. The van der Waals surface area contributed by atoms with Gasteiger partial charge in [0, 0.05) is 41.6 Å². The van der Waals surface area contributed by atoms with Gasteiger partial charge in [-0.15, -0.1) is 0 Å². The van der Waals surface area contributed by atoms with E-state index < -0.39 is 5.82 Å². The average molecular weight is 326 g/mol. The zero-order valence-corrected chi connectivity index (χ0v) is 13.6. The number of nitrogens with zero attached hydrogens (tertiary/aromatic N) is 3. The normalized spacial score (nSPS) is 11.0. The summed E-state index contributed by atoms with van der Waals surface area (Å²) >= 11 is 0. The summed E-state index contributed by atoms with van der Waals surface area (Å²) in [7, 11) is 0. The van der Waals surface area contributed by atoms with E-state index in [2.05, 4.69) is 51.0 Å². The highest BCUT2D eigenvalue weighted by atomic mass is 19.1. The van der Waals surface area contributed by atoms with E-state index in [4.69, 9.17) is 0 Å². The van der Waals surface area contributed by atoms with E-state index in [9.17, 15) is 4.39 Å². The first-order chi connectivity index (χ1) is 11.6. The van der Waals surface area contributed by atoms with Crippen molar-refractivity contribution < 1.29 is 4.39 Å². The molecule has 3 rings (SSSR count). The van der Waals surface area contributed by atoms with Crippen molar-refractivity contribution in [1.82, 2.24) is 19.9 Å². The molecule has 24 heavy (non-hydrogen) atoms. The maximum atomic E-state index is 14.0. The fourth-order valence-corrected chi connectivity index (χ4v) is 2.31. The second kappa shape index (κ2) is 6.66. The monoisotopic (exact) mass is 326 g/mol. The summed E-state index contributed by atoms with van der Waals surface area (Å²) in [4.78, 5) is 15.9. The van der Waals surface area contributed by atoms with Crippen molar-refractivity contribution in [3.63, 3.8) is 0 Å². The van der Waals surface area contributed by atoms with Gasteiger partial charge in [0.25, 0.3) is 0 Å². The van der Waals surface area contributed by atoms with Crippen LogP contribution in [0.2, 0.25) is 0 Å². The van der Waals surface area contributed by atoms with Gasteiger partial charge in [0.15, 0.2) is 11.6 Å². The standard InChI is InChI=1S/C17H19FN6/c1-4-19-16-14(18)5-11(7-20-16)12-8-21-15-13(12)9-23-17(24-15)22-6-10(2)3/h4-5,7-10H,1,6H2,2-3H3,(H,19,20)(H2,21,22,23,24). The Morgan fingerprint density at radius 3 is 2.88 bits per heavy atom. The van der Waals surface area contributed by atoms with Crippen LogP contribution < -0.4 is 10.6 Å². The third-order valence-electron chi connectivity index (χ3n) is 3.49. The Balaban J connectivity index is 1.93. The minimum absolute atomic E-state index is 0.144. The number of nitrogens with one attached hydrogen (secondary N) is 3. The molecular weight excluding hydrogens is 307 g/mol. The number of fused-ring (bicyclic) bond motifs is 1. The minimum atomic E-state index is -0.446. The number of hydrogen-bond donors (Lipinski definition) is 3. The summed E-state index contributed by atoms with van der Waals surface area (Å²) < 4.78 is 14.0. The molecule has 0 aliphatic carbocycles. The molecule has 3 aromatic heterocycles. The van der Waals surface area contributed by atoms with E-state index in [-0.39, 0.29) is 5.82 Å². The zero-order valence-electron chi connectivity index (χ0n) is 13.6. The Bertz CT molecular complexity index is 871. The van der Waals surface area contributed by atoms with E-state index in [0.717, 1.165) is 17.5 Å².